The molecule has 1 atom stereocenters. The summed E-state index contributed by atoms with van der Waals surface area (Å²) in [6, 6.07) is 9.62. The summed E-state index contributed by atoms with van der Waals surface area (Å²) in [5, 5.41) is 0.558. The van der Waals surface area contributed by atoms with Crippen LogP contribution in [0.25, 0.3) is 0 Å². The van der Waals surface area contributed by atoms with Crippen LogP contribution in [0.2, 0.25) is 0 Å². The number of aryl methyl sites for hydroxylation is 2. The van der Waals surface area contributed by atoms with E-state index >= 15 is 0 Å². The minimum absolute atomic E-state index is 0.0897. The van der Waals surface area contributed by atoms with Crippen molar-refractivity contribution in [2.75, 3.05) is 13.2 Å². The Bertz CT molecular complexity index is 1240. The molecule has 1 aromatic carbocycles. The lowest BCUT2D eigenvalue weighted by molar-refractivity contribution is 0.337. The Kier molecular flexibility index (Phi) is 7.15. The van der Waals surface area contributed by atoms with Gasteiger partial charge in [0.2, 0.25) is 10.0 Å². The van der Waals surface area contributed by atoms with Crippen molar-refractivity contribution in [3.05, 3.63) is 70.9 Å². The third kappa shape index (κ3) is 5.15. The van der Waals surface area contributed by atoms with E-state index in [0.29, 0.717) is 29.0 Å². The number of rotatable bonds is 9. The molecule has 0 aliphatic carbocycles. The lowest BCUT2D eigenvalue weighted by Crippen LogP contribution is -2.32. The molecule has 10 heteroatoms. The van der Waals surface area contributed by atoms with Gasteiger partial charge in [-0.2, -0.15) is 0 Å². The van der Waals surface area contributed by atoms with Crippen molar-refractivity contribution < 1.29 is 21.6 Å². The lowest BCUT2D eigenvalue weighted by atomic mass is 10.1. The summed E-state index contributed by atoms with van der Waals surface area (Å²) in [6.45, 7) is 5.45. The highest BCUT2D eigenvalue weighted by molar-refractivity contribution is 7.93. The molecule has 0 amide bonds. The summed E-state index contributed by atoms with van der Waals surface area (Å²) in [6.07, 6.45) is 2.98. The molecule has 1 N–H and O–H groups in total. The molecule has 0 spiro atoms. The molecule has 0 saturated carbocycles. The van der Waals surface area contributed by atoms with Crippen molar-refractivity contribution in [1.29, 1.82) is 0 Å². The average Bonchev–Trinajstić information content (AvgIpc) is 3.27. The van der Waals surface area contributed by atoms with E-state index in [1.807, 2.05) is 6.92 Å². The number of ether oxygens (including phenoxy) is 1. The Labute approximate surface area is 187 Å². The molecule has 2 heterocycles. The van der Waals surface area contributed by atoms with Crippen LogP contribution in [0.3, 0.4) is 0 Å². The van der Waals surface area contributed by atoms with Gasteiger partial charge in [0.05, 0.1) is 11.5 Å². The normalized spacial score (nSPS) is 13.1. The van der Waals surface area contributed by atoms with Crippen LogP contribution >= 0.6 is 11.3 Å². The topological polar surface area (TPSA) is 102 Å². The third-order valence-corrected chi connectivity index (χ3v) is 9.82. The van der Waals surface area contributed by atoms with Gasteiger partial charge in [0.15, 0.2) is 9.84 Å². The number of nitrogens with zero attached hydrogens (tertiary/aromatic N) is 1. The number of thiophene rings is 1. The number of pyridine rings is 1. The Morgan fingerprint density at radius 3 is 2.48 bits per heavy atom. The maximum absolute atomic E-state index is 13.2. The second kappa shape index (κ2) is 9.47. The van der Waals surface area contributed by atoms with Gasteiger partial charge in [0.25, 0.3) is 0 Å². The molecule has 0 radical (unpaired) electrons. The van der Waals surface area contributed by atoms with E-state index in [9.17, 15) is 16.8 Å². The van der Waals surface area contributed by atoms with Gasteiger partial charge in [-0.05, 0) is 67.1 Å². The van der Waals surface area contributed by atoms with Crippen LogP contribution in [0, 0.1) is 13.8 Å². The molecule has 7 nitrogen and oxygen atoms in total. The van der Waals surface area contributed by atoms with Crippen LogP contribution in [-0.2, 0) is 19.9 Å². The van der Waals surface area contributed by atoms with Crippen molar-refractivity contribution >= 4 is 31.2 Å². The predicted octanol–water partition coefficient (Wildman–Crippen LogP) is 3.65. The molecule has 2 aromatic heterocycles. The SMILES string of the molecule is CCOc1cc(C)c(S(=O)(=O)NCC(c2cccnc2)S(=O)(=O)c2cccs2)cc1C. The van der Waals surface area contributed by atoms with Gasteiger partial charge < -0.3 is 4.74 Å². The Morgan fingerprint density at radius 2 is 1.87 bits per heavy atom. The van der Waals surface area contributed by atoms with Crippen molar-refractivity contribution in [3.63, 3.8) is 0 Å². The summed E-state index contributed by atoms with van der Waals surface area (Å²) < 4.78 is 60.8. The maximum Gasteiger partial charge on any atom is 0.240 e. The fourth-order valence-corrected chi connectivity index (χ4v) is 7.48. The molecular weight excluding hydrogens is 456 g/mol. The van der Waals surface area contributed by atoms with Gasteiger partial charge in [0.1, 0.15) is 15.2 Å². The van der Waals surface area contributed by atoms with Gasteiger partial charge in [-0.1, -0.05) is 12.1 Å². The van der Waals surface area contributed by atoms with E-state index in [4.69, 9.17) is 4.74 Å². The fraction of sp³-hybridized carbons (Fsp3) is 0.286. The quantitative estimate of drug-likeness (QED) is 0.502. The van der Waals surface area contributed by atoms with Crippen LogP contribution in [0.5, 0.6) is 5.75 Å². The van der Waals surface area contributed by atoms with E-state index in [2.05, 4.69) is 9.71 Å². The maximum atomic E-state index is 13.2. The summed E-state index contributed by atoms with van der Waals surface area (Å²) in [7, 11) is -7.78. The van der Waals surface area contributed by atoms with Crippen molar-refractivity contribution in [1.82, 2.24) is 9.71 Å². The Balaban J connectivity index is 1.94. The summed E-state index contributed by atoms with van der Waals surface area (Å²) in [5.41, 5.74) is 1.61. The first-order valence-corrected chi connectivity index (χ1v) is 13.5. The third-order valence-electron chi connectivity index (χ3n) is 4.73. The fourth-order valence-electron chi connectivity index (χ4n) is 3.17. The summed E-state index contributed by atoms with van der Waals surface area (Å²) in [5.74, 6) is 0.618. The van der Waals surface area contributed by atoms with Gasteiger partial charge in [-0.3, -0.25) is 4.98 Å². The van der Waals surface area contributed by atoms with Crippen molar-refractivity contribution in [3.8, 4) is 5.75 Å². The Morgan fingerprint density at radius 1 is 1.10 bits per heavy atom. The van der Waals surface area contributed by atoms with Gasteiger partial charge in [-0.15, -0.1) is 11.3 Å². The van der Waals surface area contributed by atoms with E-state index in [-0.39, 0.29) is 15.6 Å². The highest BCUT2D eigenvalue weighted by Gasteiger charge is 2.32. The molecule has 0 fully saturated rings. The number of hydrogen-bond donors (Lipinski definition) is 1. The van der Waals surface area contributed by atoms with Crippen LogP contribution < -0.4 is 9.46 Å². The van der Waals surface area contributed by atoms with Gasteiger partial charge in [0, 0.05) is 18.9 Å². The molecule has 3 rings (SSSR count). The van der Waals surface area contributed by atoms with E-state index in [0.717, 1.165) is 11.3 Å². The zero-order chi connectivity index (χ0) is 22.6. The molecule has 3 aromatic rings. The van der Waals surface area contributed by atoms with Crippen molar-refractivity contribution in [2.45, 2.75) is 35.1 Å². The van der Waals surface area contributed by atoms with E-state index in [1.54, 1.807) is 43.5 Å². The van der Waals surface area contributed by atoms with Crippen LogP contribution in [-0.4, -0.2) is 35.0 Å². The minimum Gasteiger partial charge on any atom is -0.494 e. The lowest BCUT2D eigenvalue weighted by Gasteiger charge is -2.19. The average molecular weight is 481 g/mol. The first kappa shape index (κ1) is 23.4. The minimum atomic E-state index is -3.96. The highest BCUT2D eigenvalue weighted by Crippen LogP contribution is 2.32. The summed E-state index contributed by atoms with van der Waals surface area (Å²) >= 11 is 1.09. The number of sulfone groups is 1. The largest absolute Gasteiger partial charge is 0.494 e. The van der Waals surface area contributed by atoms with Gasteiger partial charge in [-0.25, -0.2) is 21.6 Å². The molecule has 0 aliphatic heterocycles. The number of hydrogen-bond acceptors (Lipinski definition) is 7. The molecule has 166 valence electrons. The number of sulfonamides is 1. The van der Waals surface area contributed by atoms with Crippen LogP contribution in [0.1, 0.15) is 28.9 Å². The second-order valence-electron chi connectivity index (χ2n) is 6.92. The summed E-state index contributed by atoms with van der Waals surface area (Å²) in [4.78, 5) is 4.09. The van der Waals surface area contributed by atoms with E-state index < -0.39 is 25.1 Å². The molecular formula is C21H24N2O5S3. The van der Waals surface area contributed by atoms with Gasteiger partial charge >= 0.3 is 0 Å². The first-order chi connectivity index (χ1) is 14.7. The highest BCUT2D eigenvalue weighted by atomic mass is 32.2. The smallest absolute Gasteiger partial charge is 0.240 e. The van der Waals surface area contributed by atoms with Crippen LogP contribution in [0.15, 0.2) is 63.3 Å². The molecule has 0 aliphatic rings. The number of benzene rings is 1. The molecule has 0 saturated heterocycles. The van der Waals surface area contributed by atoms with Crippen molar-refractivity contribution in [2.24, 2.45) is 0 Å². The monoisotopic (exact) mass is 480 g/mol. The second-order valence-corrected chi connectivity index (χ2v) is 12.0. The first-order valence-electron chi connectivity index (χ1n) is 9.58. The molecule has 0 bridgehead atoms. The zero-order valence-corrected chi connectivity index (χ0v) is 19.9. The zero-order valence-electron chi connectivity index (χ0n) is 17.4. The number of nitrogens with one attached hydrogen (secondary N) is 1. The van der Waals surface area contributed by atoms with Crippen LogP contribution in [0.4, 0.5) is 0 Å². The molecule has 31 heavy (non-hydrogen) atoms. The molecule has 1 unspecified atom stereocenters. The Hall–Kier alpha value is -2.27. The number of aromatic nitrogens is 1. The predicted molar refractivity (Wildman–Crippen MR) is 121 cm³/mol. The van der Waals surface area contributed by atoms with E-state index in [1.165, 1.54) is 24.5 Å². The standard InChI is InChI=1S/C21H24N2O5S3/c1-4-28-18-11-16(3)19(12-15(18)2)31(26,27)23-14-20(17-7-5-9-22-13-17)30(24,25)21-8-6-10-29-21/h5-13,20,23H,4,14H2,1-3H3.